The molecular weight excluding hydrogens is 267 g/mol. The molecule has 94 valence electrons. The van der Waals surface area contributed by atoms with Crippen LogP contribution in [0.2, 0.25) is 10.0 Å². The molecule has 0 spiro atoms. The molecule has 0 fully saturated rings. The number of hydrogen-bond donors (Lipinski definition) is 1. The van der Waals surface area contributed by atoms with Crippen molar-refractivity contribution in [2.75, 3.05) is 7.05 Å². The summed E-state index contributed by atoms with van der Waals surface area (Å²) in [6, 6.07) is 9.78. The third-order valence-electron chi connectivity index (χ3n) is 2.88. The van der Waals surface area contributed by atoms with Gasteiger partial charge in [0.05, 0.1) is 0 Å². The van der Waals surface area contributed by atoms with Crippen LogP contribution >= 0.6 is 23.2 Å². The molecule has 0 amide bonds. The van der Waals surface area contributed by atoms with Crippen molar-refractivity contribution in [3.8, 4) is 0 Å². The summed E-state index contributed by atoms with van der Waals surface area (Å²) in [5.41, 5.74) is 2.27. The Kier molecular flexibility index (Phi) is 4.59. The Morgan fingerprint density at radius 2 is 1.89 bits per heavy atom. The predicted molar refractivity (Wildman–Crippen MR) is 76.2 cm³/mol. The van der Waals surface area contributed by atoms with Gasteiger partial charge in [0.2, 0.25) is 0 Å². The van der Waals surface area contributed by atoms with E-state index >= 15 is 0 Å². The fourth-order valence-electron chi connectivity index (χ4n) is 1.91. The van der Waals surface area contributed by atoms with Gasteiger partial charge in [-0.1, -0.05) is 29.3 Å². The molecule has 4 heteroatoms. The van der Waals surface area contributed by atoms with Crippen LogP contribution in [0.25, 0.3) is 0 Å². The first-order valence-electron chi connectivity index (χ1n) is 5.72. The molecule has 1 heterocycles. The molecule has 0 aliphatic rings. The lowest BCUT2D eigenvalue weighted by atomic mass is 9.99. The van der Waals surface area contributed by atoms with Crippen molar-refractivity contribution in [3.05, 3.63) is 63.9 Å². The number of pyridine rings is 1. The lowest BCUT2D eigenvalue weighted by molar-refractivity contribution is 0.592. The average Bonchev–Trinajstić information content (AvgIpc) is 2.38. The van der Waals surface area contributed by atoms with E-state index in [1.807, 2.05) is 31.3 Å². The molecule has 1 unspecified atom stereocenters. The molecule has 1 atom stereocenters. The first kappa shape index (κ1) is 13.3. The predicted octanol–water partition coefficient (Wildman–Crippen LogP) is 3.89. The minimum absolute atomic E-state index is 0.164. The van der Waals surface area contributed by atoms with Gasteiger partial charge in [0.1, 0.15) is 0 Å². The normalized spacial score (nSPS) is 12.4. The quantitative estimate of drug-likeness (QED) is 0.919. The minimum Gasteiger partial charge on any atom is -0.313 e. The molecule has 2 nitrogen and oxygen atoms in total. The van der Waals surface area contributed by atoms with E-state index < -0.39 is 0 Å². The van der Waals surface area contributed by atoms with Crippen LogP contribution in [-0.2, 0) is 6.42 Å². The summed E-state index contributed by atoms with van der Waals surface area (Å²) in [7, 11) is 1.93. The maximum Gasteiger partial charge on any atom is 0.0468 e. The van der Waals surface area contributed by atoms with Gasteiger partial charge < -0.3 is 5.32 Å². The second-order valence-electron chi connectivity index (χ2n) is 4.07. The number of benzene rings is 1. The van der Waals surface area contributed by atoms with Crippen molar-refractivity contribution in [1.82, 2.24) is 10.3 Å². The number of halogens is 2. The van der Waals surface area contributed by atoms with Crippen LogP contribution in [-0.4, -0.2) is 12.0 Å². The van der Waals surface area contributed by atoms with E-state index in [-0.39, 0.29) is 6.04 Å². The van der Waals surface area contributed by atoms with E-state index in [1.165, 1.54) is 5.56 Å². The van der Waals surface area contributed by atoms with E-state index in [4.69, 9.17) is 23.2 Å². The van der Waals surface area contributed by atoms with Gasteiger partial charge in [-0.15, -0.1) is 0 Å². The second kappa shape index (κ2) is 6.19. The van der Waals surface area contributed by atoms with Gasteiger partial charge in [0, 0.05) is 28.5 Å². The third kappa shape index (κ3) is 3.22. The Morgan fingerprint density at radius 3 is 2.50 bits per heavy atom. The van der Waals surface area contributed by atoms with Gasteiger partial charge >= 0.3 is 0 Å². The standard InChI is InChI=1S/C14H14Cl2N2/c1-17-14(8-10-4-6-18-7-5-10)12-3-2-11(15)9-13(12)16/h2-7,9,14,17H,8H2,1H3. The highest BCUT2D eigenvalue weighted by Crippen LogP contribution is 2.28. The smallest absolute Gasteiger partial charge is 0.0468 e. The molecule has 1 aromatic carbocycles. The SMILES string of the molecule is CNC(Cc1ccncc1)c1ccc(Cl)cc1Cl. The van der Waals surface area contributed by atoms with E-state index in [2.05, 4.69) is 10.3 Å². The van der Waals surface area contributed by atoms with Gasteiger partial charge in [0.15, 0.2) is 0 Å². The van der Waals surface area contributed by atoms with Gasteiger partial charge in [-0.2, -0.15) is 0 Å². The summed E-state index contributed by atoms with van der Waals surface area (Å²) in [4.78, 5) is 4.02. The molecule has 2 aromatic rings. The van der Waals surface area contributed by atoms with E-state index in [9.17, 15) is 0 Å². The molecule has 0 radical (unpaired) electrons. The Morgan fingerprint density at radius 1 is 1.17 bits per heavy atom. The Labute approximate surface area is 117 Å². The number of nitrogens with one attached hydrogen (secondary N) is 1. The molecule has 0 saturated carbocycles. The fraction of sp³-hybridized carbons (Fsp3) is 0.214. The number of likely N-dealkylation sites (N-methyl/N-ethyl adjacent to an activating group) is 1. The molecule has 0 aliphatic heterocycles. The van der Waals surface area contributed by atoms with Crippen LogP contribution in [0, 0.1) is 0 Å². The zero-order valence-electron chi connectivity index (χ0n) is 10.0. The van der Waals surface area contributed by atoms with Gasteiger partial charge in [-0.25, -0.2) is 0 Å². The first-order chi connectivity index (χ1) is 8.70. The highest BCUT2D eigenvalue weighted by molar-refractivity contribution is 6.35. The second-order valence-corrected chi connectivity index (χ2v) is 4.91. The average molecular weight is 281 g/mol. The largest absolute Gasteiger partial charge is 0.313 e. The van der Waals surface area contributed by atoms with E-state index in [0.29, 0.717) is 10.0 Å². The van der Waals surface area contributed by atoms with Crippen molar-refractivity contribution in [2.45, 2.75) is 12.5 Å². The Hall–Kier alpha value is -1.09. The van der Waals surface area contributed by atoms with Crippen molar-refractivity contribution < 1.29 is 0 Å². The number of aromatic nitrogens is 1. The highest BCUT2D eigenvalue weighted by Gasteiger charge is 2.13. The van der Waals surface area contributed by atoms with Crippen molar-refractivity contribution in [3.63, 3.8) is 0 Å². The van der Waals surface area contributed by atoms with Crippen molar-refractivity contribution in [2.24, 2.45) is 0 Å². The fourth-order valence-corrected chi connectivity index (χ4v) is 2.45. The summed E-state index contributed by atoms with van der Waals surface area (Å²) in [6.45, 7) is 0. The third-order valence-corrected chi connectivity index (χ3v) is 3.44. The van der Waals surface area contributed by atoms with Crippen LogP contribution in [0.15, 0.2) is 42.7 Å². The van der Waals surface area contributed by atoms with Crippen molar-refractivity contribution in [1.29, 1.82) is 0 Å². The van der Waals surface area contributed by atoms with Gasteiger partial charge in [-0.3, -0.25) is 4.98 Å². The Bertz CT molecular complexity index is 514. The molecule has 2 rings (SSSR count). The number of rotatable bonds is 4. The molecule has 0 saturated heterocycles. The zero-order valence-corrected chi connectivity index (χ0v) is 11.5. The summed E-state index contributed by atoms with van der Waals surface area (Å²) < 4.78 is 0. The van der Waals surface area contributed by atoms with Gasteiger partial charge in [0.25, 0.3) is 0 Å². The Balaban J connectivity index is 2.23. The van der Waals surface area contributed by atoms with Crippen molar-refractivity contribution >= 4 is 23.2 Å². The highest BCUT2D eigenvalue weighted by atomic mass is 35.5. The molecule has 1 aromatic heterocycles. The summed E-state index contributed by atoms with van der Waals surface area (Å²) in [5, 5.41) is 4.62. The van der Waals surface area contributed by atoms with Crippen LogP contribution in [0.4, 0.5) is 0 Å². The molecule has 0 bridgehead atoms. The monoisotopic (exact) mass is 280 g/mol. The molecule has 1 N–H and O–H groups in total. The summed E-state index contributed by atoms with van der Waals surface area (Å²) >= 11 is 12.1. The molecular formula is C14H14Cl2N2. The van der Waals surface area contributed by atoms with E-state index in [1.54, 1.807) is 18.5 Å². The van der Waals surface area contributed by atoms with Crippen LogP contribution < -0.4 is 5.32 Å². The maximum atomic E-state index is 6.23. The number of nitrogens with zero attached hydrogens (tertiary/aromatic N) is 1. The molecule has 18 heavy (non-hydrogen) atoms. The molecule has 0 aliphatic carbocycles. The van der Waals surface area contributed by atoms with Crippen LogP contribution in [0.5, 0.6) is 0 Å². The maximum absolute atomic E-state index is 6.23. The lowest BCUT2D eigenvalue weighted by Gasteiger charge is -2.18. The van der Waals surface area contributed by atoms with Crippen LogP contribution in [0.1, 0.15) is 17.2 Å². The summed E-state index contributed by atoms with van der Waals surface area (Å²) in [5.74, 6) is 0. The summed E-state index contributed by atoms with van der Waals surface area (Å²) in [6.07, 6.45) is 4.46. The lowest BCUT2D eigenvalue weighted by Crippen LogP contribution is -2.19. The van der Waals surface area contributed by atoms with Gasteiger partial charge in [-0.05, 0) is 48.9 Å². The number of hydrogen-bond acceptors (Lipinski definition) is 2. The topological polar surface area (TPSA) is 24.9 Å². The zero-order chi connectivity index (χ0) is 13.0. The van der Waals surface area contributed by atoms with Crippen LogP contribution in [0.3, 0.4) is 0 Å². The minimum atomic E-state index is 0.164. The first-order valence-corrected chi connectivity index (χ1v) is 6.47. The van der Waals surface area contributed by atoms with E-state index in [0.717, 1.165) is 12.0 Å².